The fraction of sp³-hybridized carbons (Fsp3) is 0.100. The standard InChI is InChI=1S/C20H15N3O4/c24-15-12-17(26-16-9-5-4-8-14(15)16)20(25)21-11-10-18-22-19(23-27-18)13-6-2-1-3-7-13/h1-9,12H,10-11H2,(H,21,25). The van der Waals surface area contributed by atoms with Crippen LogP contribution in [0.2, 0.25) is 0 Å². The number of para-hydroxylation sites is 1. The predicted octanol–water partition coefficient (Wildman–Crippen LogP) is 2.82. The molecule has 0 spiro atoms. The lowest BCUT2D eigenvalue weighted by molar-refractivity contribution is 0.0926. The van der Waals surface area contributed by atoms with Gasteiger partial charge in [0.2, 0.25) is 11.7 Å². The van der Waals surface area contributed by atoms with Crippen LogP contribution >= 0.6 is 0 Å². The quantitative estimate of drug-likeness (QED) is 0.587. The number of benzene rings is 2. The normalized spacial score (nSPS) is 10.8. The predicted molar refractivity (Wildman–Crippen MR) is 98.3 cm³/mol. The Bertz CT molecular complexity index is 1150. The highest BCUT2D eigenvalue weighted by molar-refractivity contribution is 5.93. The molecule has 0 fully saturated rings. The molecule has 0 bridgehead atoms. The van der Waals surface area contributed by atoms with E-state index in [0.29, 0.717) is 29.1 Å². The molecule has 27 heavy (non-hydrogen) atoms. The Balaban J connectivity index is 1.40. The molecule has 4 rings (SSSR count). The Morgan fingerprint density at radius 1 is 1.04 bits per heavy atom. The van der Waals surface area contributed by atoms with E-state index in [0.717, 1.165) is 5.56 Å². The second-order valence-corrected chi connectivity index (χ2v) is 5.85. The van der Waals surface area contributed by atoms with Gasteiger partial charge in [0.05, 0.1) is 5.39 Å². The summed E-state index contributed by atoms with van der Waals surface area (Å²) in [7, 11) is 0. The summed E-state index contributed by atoms with van der Waals surface area (Å²) in [5.74, 6) is 0.404. The van der Waals surface area contributed by atoms with Crippen LogP contribution in [0.4, 0.5) is 0 Å². The molecule has 2 heterocycles. The van der Waals surface area contributed by atoms with E-state index < -0.39 is 5.91 Å². The molecule has 0 radical (unpaired) electrons. The van der Waals surface area contributed by atoms with Crippen LogP contribution in [-0.2, 0) is 6.42 Å². The fourth-order valence-corrected chi connectivity index (χ4v) is 2.65. The van der Waals surface area contributed by atoms with Crippen LogP contribution in [0.1, 0.15) is 16.4 Å². The van der Waals surface area contributed by atoms with Gasteiger partial charge in [-0.25, -0.2) is 0 Å². The number of carbonyl (C=O) groups excluding carboxylic acids is 1. The van der Waals surface area contributed by atoms with Crippen molar-refractivity contribution in [2.75, 3.05) is 6.54 Å². The molecule has 1 N–H and O–H groups in total. The van der Waals surface area contributed by atoms with Crippen LogP contribution in [0.15, 0.2) is 74.4 Å². The Labute approximate surface area is 153 Å². The van der Waals surface area contributed by atoms with Gasteiger partial charge in [-0.3, -0.25) is 9.59 Å². The zero-order valence-electron chi connectivity index (χ0n) is 14.2. The Kier molecular flexibility index (Phi) is 4.49. The van der Waals surface area contributed by atoms with Crippen molar-refractivity contribution in [3.05, 3.63) is 82.5 Å². The highest BCUT2D eigenvalue weighted by Gasteiger charge is 2.13. The summed E-state index contributed by atoms with van der Waals surface area (Å²) >= 11 is 0. The molecule has 0 saturated heterocycles. The first kappa shape index (κ1) is 16.7. The number of hydrogen-bond donors (Lipinski definition) is 1. The number of nitrogens with one attached hydrogen (secondary N) is 1. The van der Waals surface area contributed by atoms with Gasteiger partial charge >= 0.3 is 0 Å². The van der Waals surface area contributed by atoms with Crippen molar-refractivity contribution in [1.82, 2.24) is 15.5 Å². The summed E-state index contributed by atoms with van der Waals surface area (Å²) in [4.78, 5) is 28.6. The number of nitrogens with zero attached hydrogens (tertiary/aromatic N) is 2. The van der Waals surface area contributed by atoms with E-state index in [1.165, 1.54) is 6.07 Å². The maximum absolute atomic E-state index is 12.2. The molecule has 0 aliphatic carbocycles. The third-order valence-electron chi connectivity index (χ3n) is 3.98. The van der Waals surface area contributed by atoms with Crippen molar-refractivity contribution in [2.45, 2.75) is 6.42 Å². The topological polar surface area (TPSA) is 98.2 Å². The van der Waals surface area contributed by atoms with Crippen molar-refractivity contribution in [1.29, 1.82) is 0 Å². The van der Waals surface area contributed by atoms with Gasteiger partial charge in [0, 0.05) is 24.6 Å². The molecular weight excluding hydrogens is 346 g/mol. The van der Waals surface area contributed by atoms with Crippen molar-refractivity contribution in [2.24, 2.45) is 0 Å². The second-order valence-electron chi connectivity index (χ2n) is 5.85. The summed E-state index contributed by atoms with van der Waals surface area (Å²) in [6, 6.07) is 17.4. The molecule has 0 atom stereocenters. The molecule has 4 aromatic rings. The van der Waals surface area contributed by atoms with Crippen molar-refractivity contribution in [3.8, 4) is 11.4 Å². The van der Waals surface area contributed by atoms with Crippen LogP contribution in [0, 0.1) is 0 Å². The molecule has 0 unspecified atom stereocenters. The Morgan fingerprint density at radius 3 is 2.67 bits per heavy atom. The molecule has 134 valence electrons. The maximum atomic E-state index is 12.2. The van der Waals surface area contributed by atoms with E-state index >= 15 is 0 Å². The highest BCUT2D eigenvalue weighted by Crippen LogP contribution is 2.15. The summed E-state index contributed by atoms with van der Waals surface area (Å²) in [6.07, 6.45) is 0.364. The van der Waals surface area contributed by atoms with Crippen molar-refractivity contribution in [3.63, 3.8) is 0 Å². The number of hydrogen-bond acceptors (Lipinski definition) is 6. The van der Waals surface area contributed by atoms with Gasteiger partial charge in [0.25, 0.3) is 5.91 Å². The third kappa shape index (κ3) is 3.62. The molecule has 7 nitrogen and oxygen atoms in total. The SMILES string of the molecule is O=C(NCCc1nc(-c2ccccc2)no1)c1cc(=O)c2ccccc2o1. The van der Waals surface area contributed by atoms with E-state index in [4.69, 9.17) is 8.94 Å². The largest absolute Gasteiger partial charge is 0.451 e. The van der Waals surface area contributed by atoms with Crippen LogP contribution in [-0.4, -0.2) is 22.6 Å². The lowest BCUT2D eigenvalue weighted by atomic mass is 10.2. The molecule has 0 aliphatic heterocycles. The lowest BCUT2D eigenvalue weighted by Gasteiger charge is -2.04. The molecular formula is C20H15N3O4. The van der Waals surface area contributed by atoms with Gasteiger partial charge in [-0.2, -0.15) is 4.98 Å². The first-order chi connectivity index (χ1) is 13.2. The molecule has 0 aliphatic rings. The number of fused-ring (bicyclic) bond motifs is 1. The average molecular weight is 361 g/mol. The first-order valence-electron chi connectivity index (χ1n) is 8.40. The van der Waals surface area contributed by atoms with E-state index in [2.05, 4.69) is 15.5 Å². The molecule has 0 saturated carbocycles. The Hall–Kier alpha value is -3.74. The van der Waals surface area contributed by atoms with Crippen LogP contribution < -0.4 is 10.7 Å². The van der Waals surface area contributed by atoms with Crippen molar-refractivity contribution >= 4 is 16.9 Å². The number of aromatic nitrogens is 2. The van der Waals surface area contributed by atoms with Gasteiger partial charge in [-0.15, -0.1) is 0 Å². The van der Waals surface area contributed by atoms with Gasteiger partial charge in [-0.1, -0.05) is 47.6 Å². The smallest absolute Gasteiger partial charge is 0.287 e. The van der Waals surface area contributed by atoms with E-state index in [9.17, 15) is 9.59 Å². The minimum absolute atomic E-state index is 0.0331. The first-order valence-corrected chi connectivity index (χ1v) is 8.40. The van der Waals surface area contributed by atoms with Crippen LogP contribution in [0.5, 0.6) is 0 Å². The third-order valence-corrected chi connectivity index (χ3v) is 3.98. The zero-order chi connectivity index (χ0) is 18.6. The molecule has 1 amide bonds. The summed E-state index contributed by atoms with van der Waals surface area (Å²) in [5.41, 5.74) is 0.973. The van der Waals surface area contributed by atoms with Crippen LogP contribution in [0.3, 0.4) is 0 Å². The van der Waals surface area contributed by atoms with Crippen LogP contribution in [0.25, 0.3) is 22.4 Å². The molecule has 7 heteroatoms. The fourth-order valence-electron chi connectivity index (χ4n) is 2.65. The van der Waals surface area contributed by atoms with Gasteiger partial charge < -0.3 is 14.3 Å². The van der Waals surface area contributed by atoms with E-state index in [-0.39, 0.29) is 17.7 Å². The second kappa shape index (κ2) is 7.25. The minimum Gasteiger partial charge on any atom is -0.451 e. The molecule has 2 aromatic carbocycles. The molecule has 2 aromatic heterocycles. The van der Waals surface area contributed by atoms with E-state index in [1.807, 2.05) is 30.3 Å². The Morgan fingerprint density at radius 2 is 1.81 bits per heavy atom. The zero-order valence-corrected chi connectivity index (χ0v) is 14.2. The number of carbonyl (C=O) groups is 1. The van der Waals surface area contributed by atoms with Gasteiger partial charge in [-0.05, 0) is 12.1 Å². The maximum Gasteiger partial charge on any atom is 0.287 e. The van der Waals surface area contributed by atoms with E-state index in [1.54, 1.807) is 24.3 Å². The highest BCUT2D eigenvalue weighted by atomic mass is 16.5. The monoisotopic (exact) mass is 361 g/mol. The van der Waals surface area contributed by atoms with Crippen molar-refractivity contribution < 1.29 is 13.7 Å². The summed E-state index contributed by atoms with van der Waals surface area (Å²) in [5, 5.41) is 7.06. The lowest BCUT2D eigenvalue weighted by Crippen LogP contribution is -2.26. The summed E-state index contributed by atoms with van der Waals surface area (Å²) < 4.78 is 10.7. The average Bonchev–Trinajstić information content (AvgIpc) is 3.17. The summed E-state index contributed by atoms with van der Waals surface area (Å²) in [6.45, 7) is 0.270. The number of amides is 1. The van der Waals surface area contributed by atoms with Gasteiger partial charge in [0.15, 0.2) is 11.2 Å². The van der Waals surface area contributed by atoms with Gasteiger partial charge in [0.1, 0.15) is 5.58 Å². The minimum atomic E-state index is -0.472. The number of rotatable bonds is 5.